The van der Waals surface area contributed by atoms with Gasteiger partial charge in [0.25, 0.3) is 0 Å². The van der Waals surface area contributed by atoms with E-state index in [4.69, 9.17) is 23.2 Å². The van der Waals surface area contributed by atoms with Crippen molar-refractivity contribution in [2.24, 2.45) is 0 Å². The van der Waals surface area contributed by atoms with Crippen molar-refractivity contribution in [1.29, 1.82) is 0 Å². The van der Waals surface area contributed by atoms with Crippen molar-refractivity contribution in [3.8, 4) is 0 Å². The first kappa shape index (κ1) is 13.9. The third-order valence-corrected chi connectivity index (χ3v) is 4.56. The Hall–Kier alpha value is -0.500. The maximum atomic E-state index is 6.00. The van der Waals surface area contributed by atoms with Gasteiger partial charge >= 0.3 is 0 Å². The fraction of sp³-hybridized carbons (Fsp3) is 0.200. The van der Waals surface area contributed by atoms with Crippen LogP contribution in [0.15, 0.2) is 48.5 Å². The van der Waals surface area contributed by atoms with Gasteiger partial charge in [0.15, 0.2) is 0 Å². The molecule has 1 unspecified atom stereocenters. The topological polar surface area (TPSA) is 0 Å². The molecule has 0 amide bonds. The van der Waals surface area contributed by atoms with E-state index >= 15 is 0 Å². The monoisotopic (exact) mass is 342 g/mol. The molecular weight excluding hydrogens is 331 g/mol. The Morgan fingerprint density at radius 1 is 0.944 bits per heavy atom. The summed E-state index contributed by atoms with van der Waals surface area (Å²) in [5, 5.41) is 1.24. The summed E-state index contributed by atoms with van der Waals surface area (Å²) in [6.45, 7) is 0. The number of hydrogen-bond acceptors (Lipinski definition) is 0. The lowest BCUT2D eigenvalue weighted by Gasteiger charge is -2.10. The Kier molecular flexibility index (Phi) is 5.11. The van der Waals surface area contributed by atoms with E-state index in [-0.39, 0.29) is 0 Å². The average Bonchev–Trinajstić information content (AvgIpc) is 2.41. The van der Waals surface area contributed by atoms with Gasteiger partial charge in [-0.2, -0.15) is 0 Å². The minimum absolute atomic E-state index is 0.369. The van der Waals surface area contributed by atoms with E-state index in [1.165, 1.54) is 11.1 Å². The van der Waals surface area contributed by atoms with Crippen molar-refractivity contribution in [2.75, 3.05) is 0 Å². The summed E-state index contributed by atoms with van der Waals surface area (Å²) in [5.41, 5.74) is 2.52. The molecule has 0 nitrogen and oxygen atoms in total. The predicted molar refractivity (Wildman–Crippen MR) is 82.9 cm³/mol. The zero-order valence-electron chi connectivity index (χ0n) is 9.74. The summed E-state index contributed by atoms with van der Waals surface area (Å²) in [6, 6.07) is 16.2. The molecule has 0 aliphatic carbocycles. The lowest BCUT2D eigenvalue weighted by molar-refractivity contribution is 0.813. The Morgan fingerprint density at radius 2 is 1.67 bits per heavy atom. The van der Waals surface area contributed by atoms with Crippen molar-refractivity contribution >= 4 is 39.1 Å². The highest BCUT2D eigenvalue weighted by molar-refractivity contribution is 9.09. The molecule has 2 aromatic carbocycles. The summed E-state index contributed by atoms with van der Waals surface area (Å²) < 4.78 is 0. The lowest BCUT2D eigenvalue weighted by atomic mass is 10.0. The van der Waals surface area contributed by atoms with E-state index in [0.29, 0.717) is 14.9 Å². The maximum absolute atomic E-state index is 6.00. The smallest absolute Gasteiger partial charge is 0.0595 e. The normalized spacial score (nSPS) is 12.4. The Labute approximate surface area is 126 Å². The third kappa shape index (κ3) is 3.74. The van der Waals surface area contributed by atoms with E-state index in [0.717, 1.165) is 12.8 Å². The van der Waals surface area contributed by atoms with Crippen LogP contribution < -0.4 is 0 Å². The highest BCUT2D eigenvalue weighted by atomic mass is 79.9. The predicted octanol–water partition coefficient (Wildman–Crippen LogP) is 6.06. The SMILES string of the molecule is Clc1ccc(CCC(Br)c2ccccc2)cc1Cl. The molecule has 0 saturated carbocycles. The molecule has 0 bridgehead atoms. The van der Waals surface area contributed by atoms with Crippen LogP contribution in [0.3, 0.4) is 0 Å². The van der Waals surface area contributed by atoms with Crippen LogP contribution in [0, 0.1) is 0 Å². The highest BCUT2D eigenvalue weighted by Crippen LogP contribution is 2.29. The minimum Gasteiger partial charge on any atom is -0.0839 e. The van der Waals surface area contributed by atoms with Crippen molar-refractivity contribution in [3.63, 3.8) is 0 Å². The van der Waals surface area contributed by atoms with Gasteiger partial charge in [0.2, 0.25) is 0 Å². The zero-order valence-corrected chi connectivity index (χ0v) is 12.8. The van der Waals surface area contributed by atoms with Gasteiger partial charge in [-0.1, -0.05) is 75.5 Å². The van der Waals surface area contributed by atoms with Gasteiger partial charge in [0.1, 0.15) is 0 Å². The van der Waals surface area contributed by atoms with Gasteiger partial charge in [0, 0.05) is 4.83 Å². The minimum atomic E-state index is 0.369. The van der Waals surface area contributed by atoms with Crippen LogP contribution in [-0.4, -0.2) is 0 Å². The van der Waals surface area contributed by atoms with Crippen LogP contribution in [0.25, 0.3) is 0 Å². The van der Waals surface area contributed by atoms with E-state index in [2.05, 4.69) is 40.2 Å². The van der Waals surface area contributed by atoms with Crippen LogP contribution in [-0.2, 0) is 6.42 Å². The molecule has 94 valence electrons. The van der Waals surface area contributed by atoms with Gasteiger partial charge in [0.05, 0.1) is 10.0 Å². The van der Waals surface area contributed by atoms with Crippen molar-refractivity contribution in [1.82, 2.24) is 0 Å². The molecule has 2 rings (SSSR count). The Morgan fingerprint density at radius 3 is 2.33 bits per heavy atom. The Bertz CT molecular complexity index is 511. The molecule has 0 radical (unpaired) electrons. The maximum Gasteiger partial charge on any atom is 0.0595 e. The molecule has 0 aliphatic rings. The summed E-state index contributed by atoms with van der Waals surface area (Å²) in [4.78, 5) is 0.369. The molecule has 0 spiro atoms. The number of alkyl halides is 1. The molecule has 0 aromatic heterocycles. The summed E-state index contributed by atoms with van der Waals surface area (Å²) >= 11 is 15.6. The summed E-state index contributed by atoms with van der Waals surface area (Å²) in [6.07, 6.45) is 2.00. The second kappa shape index (κ2) is 6.60. The van der Waals surface area contributed by atoms with Crippen LogP contribution in [0.5, 0.6) is 0 Å². The van der Waals surface area contributed by atoms with Crippen LogP contribution in [0.4, 0.5) is 0 Å². The number of halogens is 3. The first-order valence-corrected chi connectivity index (χ1v) is 7.47. The van der Waals surface area contributed by atoms with Gasteiger partial charge in [-0.25, -0.2) is 0 Å². The molecule has 0 N–H and O–H groups in total. The number of benzene rings is 2. The molecule has 1 atom stereocenters. The molecule has 3 heteroatoms. The van der Waals surface area contributed by atoms with Crippen LogP contribution >= 0.6 is 39.1 Å². The standard InChI is InChI=1S/C15H13BrCl2/c16-13(12-4-2-1-3-5-12)8-6-11-7-9-14(17)15(18)10-11/h1-5,7,9-10,13H,6,8H2. The second-order valence-electron chi connectivity index (χ2n) is 4.17. The fourth-order valence-corrected chi connectivity index (χ4v) is 2.67. The van der Waals surface area contributed by atoms with Gasteiger partial charge in [-0.3, -0.25) is 0 Å². The molecule has 18 heavy (non-hydrogen) atoms. The second-order valence-corrected chi connectivity index (χ2v) is 6.09. The van der Waals surface area contributed by atoms with Crippen molar-refractivity contribution in [3.05, 3.63) is 69.7 Å². The van der Waals surface area contributed by atoms with Crippen molar-refractivity contribution in [2.45, 2.75) is 17.7 Å². The van der Waals surface area contributed by atoms with Gasteiger partial charge < -0.3 is 0 Å². The first-order chi connectivity index (χ1) is 8.66. The van der Waals surface area contributed by atoms with E-state index in [9.17, 15) is 0 Å². The Balaban J connectivity index is 1.97. The number of hydrogen-bond donors (Lipinski definition) is 0. The number of rotatable bonds is 4. The van der Waals surface area contributed by atoms with Crippen LogP contribution in [0.2, 0.25) is 10.0 Å². The fourth-order valence-electron chi connectivity index (χ4n) is 1.82. The van der Waals surface area contributed by atoms with E-state index in [1.807, 2.05) is 24.3 Å². The molecule has 0 fully saturated rings. The largest absolute Gasteiger partial charge is 0.0839 e. The zero-order chi connectivity index (χ0) is 13.0. The van der Waals surface area contributed by atoms with E-state index < -0.39 is 0 Å². The van der Waals surface area contributed by atoms with Crippen molar-refractivity contribution < 1.29 is 0 Å². The van der Waals surface area contributed by atoms with Gasteiger partial charge in [-0.15, -0.1) is 0 Å². The van der Waals surface area contributed by atoms with Crippen LogP contribution in [0.1, 0.15) is 22.4 Å². The quantitative estimate of drug-likeness (QED) is 0.591. The average molecular weight is 344 g/mol. The molecule has 0 saturated heterocycles. The molecule has 0 aliphatic heterocycles. The number of aryl methyl sites for hydroxylation is 1. The van der Waals surface area contributed by atoms with E-state index in [1.54, 1.807) is 0 Å². The molecule has 2 aromatic rings. The van der Waals surface area contributed by atoms with Gasteiger partial charge in [-0.05, 0) is 36.1 Å². The highest BCUT2D eigenvalue weighted by Gasteiger charge is 2.07. The summed E-state index contributed by atoms with van der Waals surface area (Å²) in [5.74, 6) is 0. The first-order valence-electron chi connectivity index (χ1n) is 5.80. The third-order valence-electron chi connectivity index (χ3n) is 2.83. The molecular formula is C15H13BrCl2. The summed E-state index contributed by atoms with van der Waals surface area (Å²) in [7, 11) is 0. The lowest BCUT2D eigenvalue weighted by Crippen LogP contribution is -1.93. The molecule has 0 heterocycles.